The van der Waals surface area contributed by atoms with Gasteiger partial charge in [0.2, 0.25) is 0 Å². The van der Waals surface area contributed by atoms with E-state index in [1.165, 1.54) is 43.3 Å². The van der Waals surface area contributed by atoms with Gasteiger partial charge < -0.3 is 10.2 Å². The van der Waals surface area contributed by atoms with Crippen LogP contribution in [0.2, 0.25) is 5.02 Å². The van der Waals surface area contributed by atoms with Crippen LogP contribution in [0.3, 0.4) is 0 Å². The summed E-state index contributed by atoms with van der Waals surface area (Å²) >= 11 is 6.10. The Morgan fingerprint density at radius 2 is 2.14 bits per heavy atom. The lowest BCUT2D eigenvalue weighted by atomic mass is 10.0. The standard InChI is InChI=1S/C17H20ClN3/c18-12-5-6-13-15(11-12)20-9-7-16(13)21-10-2-4-17(21)14-3-1-8-19-14/h5-7,9,11,14,17,19H,1-4,8,10H2. The van der Waals surface area contributed by atoms with Crippen molar-refractivity contribution in [1.82, 2.24) is 10.3 Å². The molecule has 1 N–H and O–H groups in total. The van der Waals surface area contributed by atoms with Gasteiger partial charge in [0.05, 0.1) is 5.52 Å². The fraction of sp³-hybridized carbons (Fsp3) is 0.471. The quantitative estimate of drug-likeness (QED) is 0.918. The first-order chi connectivity index (χ1) is 10.3. The van der Waals surface area contributed by atoms with Crippen LogP contribution in [0.1, 0.15) is 25.7 Å². The Morgan fingerprint density at radius 3 is 3.00 bits per heavy atom. The van der Waals surface area contributed by atoms with Gasteiger partial charge in [0.1, 0.15) is 0 Å². The van der Waals surface area contributed by atoms with Crippen LogP contribution >= 0.6 is 11.6 Å². The van der Waals surface area contributed by atoms with E-state index in [4.69, 9.17) is 11.6 Å². The van der Waals surface area contributed by atoms with Gasteiger partial charge in [-0.05, 0) is 56.5 Å². The minimum absolute atomic E-state index is 0.619. The van der Waals surface area contributed by atoms with E-state index in [0.29, 0.717) is 12.1 Å². The molecular formula is C17H20ClN3. The zero-order valence-corrected chi connectivity index (χ0v) is 12.8. The van der Waals surface area contributed by atoms with Gasteiger partial charge >= 0.3 is 0 Å². The minimum atomic E-state index is 0.619. The van der Waals surface area contributed by atoms with Crippen LogP contribution in [0.15, 0.2) is 30.5 Å². The highest BCUT2D eigenvalue weighted by molar-refractivity contribution is 6.31. The summed E-state index contributed by atoms with van der Waals surface area (Å²) in [4.78, 5) is 7.05. The number of fused-ring (bicyclic) bond motifs is 1. The molecule has 0 saturated carbocycles. The van der Waals surface area contributed by atoms with Gasteiger partial charge in [0, 0.05) is 40.9 Å². The SMILES string of the molecule is Clc1ccc2c(N3CCCC3C3CCCN3)ccnc2c1. The third kappa shape index (κ3) is 2.39. The molecule has 1 aromatic heterocycles. The molecule has 0 radical (unpaired) electrons. The number of rotatable bonds is 2. The fourth-order valence-electron chi connectivity index (χ4n) is 3.91. The molecule has 4 heteroatoms. The monoisotopic (exact) mass is 301 g/mol. The predicted molar refractivity (Wildman–Crippen MR) is 88.1 cm³/mol. The van der Waals surface area contributed by atoms with E-state index in [9.17, 15) is 0 Å². The Labute approximate surface area is 130 Å². The summed E-state index contributed by atoms with van der Waals surface area (Å²) in [5, 5.41) is 5.64. The lowest BCUT2D eigenvalue weighted by molar-refractivity contribution is 0.483. The second-order valence-electron chi connectivity index (χ2n) is 6.10. The van der Waals surface area contributed by atoms with E-state index >= 15 is 0 Å². The smallest absolute Gasteiger partial charge is 0.0737 e. The lowest BCUT2D eigenvalue weighted by Crippen LogP contribution is -2.44. The van der Waals surface area contributed by atoms with Gasteiger partial charge in [-0.15, -0.1) is 0 Å². The Kier molecular flexibility index (Phi) is 3.48. The zero-order chi connectivity index (χ0) is 14.2. The topological polar surface area (TPSA) is 28.2 Å². The molecule has 0 spiro atoms. The first kappa shape index (κ1) is 13.4. The number of nitrogens with one attached hydrogen (secondary N) is 1. The molecule has 2 saturated heterocycles. The molecule has 1 aromatic carbocycles. The molecule has 4 rings (SSSR count). The molecule has 3 heterocycles. The van der Waals surface area contributed by atoms with Crippen molar-refractivity contribution in [3.05, 3.63) is 35.5 Å². The molecule has 2 aromatic rings. The third-order valence-electron chi connectivity index (χ3n) is 4.85. The molecule has 0 aliphatic carbocycles. The Balaban J connectivity index is 1.74. The summed E-state index contributed by atoms with van der Waals surface area (Å²) in [6, 6.07) is 9.45. The van der Waals surface area contributed by atoms with Crippen molar-refractivity contribution in [1.29, 1.82) is 0 Å². The van der Waals surface area contributed by atoms with Crippen molar-refractivity contribution >= 4 is 28.2 Å². The van der Waals surface area contributed by atoms with Crippen LogP contribution in [0.5, 0.6) is 0 Å². The van der Waals surface area contributed by atoms with Gasteiger partial charge in [0.25, 0.3) is 0 Å². The van der Waals surface area contributed by atoms with Gasteiger partial charge in [0.15, 0.2) is 0 Å². The number of aromatic nitrogens is 1. The van der Waals surface area contributed by atoms with E-state index in [2.05, 4.69) is 27.3 Å². The molecule has 0 bridgehead atoms. The molecule has 2 aliphatic heterocycles. The normalized spacial score (nSPS) is 25.9. The molecule has 21 heavy (non-hydrogen) atoms. The predicted octanol–water partition coefficient (Wildman–Crippen LogP) is 3.61. The molecule has 2 aliphatic rings. The first-order valence-electron chi connectivity index (χ1n) is 7.87. The van der Waals surface area contributed by atoms with Crippen molar-refractivity contribution in [2.45, 2.75) is 37.8 Å². The Bertz CT molecular complexity index is 652. The summed E-state index contributed by atoms with van der Waals surface area (Å²) in [6.45, 7) is 2.31. The highest BCUT2D eigenvalue weighted by Gasteiger charge is 2.33. The summed E-state index contributed by atoms with van der Waals surface area (Å²) in [7, 11) is 0. The summed E-state index contributed by atoms with van der Waals surface area (Å²) < 4.78 is 0. The summed E-state index contributed by atoms with van der Waals surface area (Å²) in [5.41, 5.74) is 2.30. The van der Waals surface area contributed by atoms with Crippen molar-refractivity contribution in [2.24, 2.45) is 0 Å². The average Bonchev–Trinajstić information content (AvgIpc) is 3.17. The van der Waals surface area contributed by atoms with Crippen molar-refractivity contribution < 1.29 is 0 Å². The Morgan fingerprint density at radius 1 is 1.19 bits per heavy atom. The minimum Gasteiger partial charge on any atom is -0.366 e. The Hall–Kier alpha value is -1.32. The van der Waals surface area contributed by atoms with Crippen LogP contribution in [-0.2, 0) is 0 Å². The number of nitrogens with zero attached hydrogens (tertiary/aromatic N) is 2. The highest BCUT2D eigenvalue weighted by Crippen LogP contribution is 2.34. The molecule has 2 fully saturated rings. The number of benzene rings is 1. The van der Waals surface area contributed by atoms with Crippen molar-refractivity contribution in [3.63, 3.8) is 0 Å². The zero-order valence-electron chi connectivity index (χ0n) is 12.1. The number of halogens is 1. The maximum absolute atomic E-state index is 6.10. The number of pyridine rings is 1. The molecule has 3 nitrogen and oxygen atoms in total. The van der Waals surface area contributed by atoms with E-state index in [1.54, 1.807) is 0 Å². The van der Waals surface area contributed by atoms with Crippen molar-refractivity contribution in [2.75, 3.05) is 18.0 Å². The van der Waals surface area contributed by atoms with Crippen LogP contribution in [0, 0.1) is 0 Å². The van der Waals surface area contributed by atoms with Crippen LogP contribution in [-0.4, -0.2) is 30.2 Å². The fourth-order valence-corrected chi connectivity index (χ4v) is 4.07. The summed E-state index contributed by atoms with van der Waals surface area (Å²) in [5.74, 6) is 0. The van der Waals surface area contributed by atoms with Crippen LogP contribution in [0.25, 0.3) is 10.9 Å². The second kappa shape index (κ2) is 5.47. The van der Waals surface area contributed by atoms with Gasteiger partial charge in [-0.25, -0.2) is 0 Å². The first-order valence-corrected chi connectivity index (χ1v) is 8.25. The molecule has 2 atom stereocenters. The number of hydrogen-bond acceptors (Lipinski definition) is 3. The van der Waals surface area contributed by atoms with Gasteiger partial charge in [-0.1, -0.05) is 11.6 Å². The van der Waals surface area contributed by atoms with E-state index in [-0.39, 0.29) is 0 Å². The van der Waals surface area contributed by atoms with E-state index < -0.39 is 0 Å². The second-order valence-corrected chi connectivity index (χ2v) is 6.53. The largest absolute Gasteiger partial charge is 0.366 e. The van der Waals surface area contributed by atoms with Gasteiger partial charge in [-0.2, -0.15) is 0 Å². The summed E-state index contributed by atoms with van der Waals surface area (Å²) in [6.07, 6.45) is 7.08. The molecule has 2 unspecified atom stereocenters. The molecule has 0 amide bonds. The van der Waals surface area contributed by atoms with E-state index in [0.717, 1.165) is 17.1 Å². The maximum Gasteiger partial charge on any atom is 0.0737 e. The number of hydrogen-bond donors (Lipinski definition) is 1. The van der Waals surface area contributed by atoms with Crippen molar-refractivity contribution in [3.8, 4) is 0 Å². The van der Waals surface area contributed by atoms with E-state index in [1.807, 2.05) is 18.3 Å². The molecule has 110 valence electrons. The van der Waals surface area contributed by atoms with Gasteiger partial charge in [-0.3, -0.25) is 4.98 Å². The highest BCUT2D eigenvalue weighted by atomic mass is 35.5. The lowest BCUT2D eigenvalue weighted by Gasteiger charge is -2.32. The van der Waals surface area contributed by atoms with Crippen LogP contribution < -0.4 is 10.2 Å². The van der Waals surface area contributed by atoms with Crippen LogP contribution in [0.4, 0.5) is 5.69 Å². The third-order valence-corrected chi connectivity index (χ3v) is 5.09. The maximum atomic E-state index is 6.10. The average molecular weight is 302 g/mol. The number of anilines is 1. The molecular weight excluding hydrogens is 282 g/mol.